The van der Waals surface area contributed by atoms with Crippen molar-refractivity contribution in [3.63, 3.8) is 0 Å². The molecule has 0 amide bonds. The first-order chi connectivity index (χ1) is 4.66. The van der Waals surface area contributed by atoms with Crippen molar-refractivity contribution in [2.24, 2.45) is 0 Å². The fourth-order valence-corrected chi connectivity index (χ4v) is 0.889. The van der Waals surface area contributed by atoms with Crippen LogP contribution in [0.25, 0.3) is 0 Å². The zero-order valence-electron chi connectivity index (χ0n) is 6.39. The highest BCUT2D eigenvalue weighted by Crippen LogP contribution is 1.92. The molecule has 0 aromatic rings. The molecule has 0 saturated carbocycles. The van der Waals surface area contributed by atoms with Gasteiger partial charge in [-0.2, -0.15) is 0 Å². The van der Waals surface area contributed by atoms with E-state index in [1.807, 2.05) is 31.3 Å². The van der Waals surface area contributed by atoms with E-state index in [1.165, 1.54) is 0 Å². The summed E-state index contributed by atoms with van der Waals surface area (Å²) in [6, 6.07) is 0. The Bertz CT molecular complexity index is 130. The lowest BCUT2D eigenvalue weighted by atomic mass is 10.3. The van der Waals surface area contributed by atoms with Gasteiger partial charge in [-0.3, -0.25) is 3.53 Å². The summed E-state index contributed by atoms with van der Waals surface area (Å²) in [5.41, 5.74) is 1.09. The molecule has 1 N–H and O–H groups in total. The lowest BCUT2D eigenvalue weighted by molar-refractivity contribution is 0.563. The van der Waals surface area contributed by atoms with Crippen LogP contribution >= 0.6 is 22.9 Å². The van der Waals surface area contributed by atoms with Crippen molar-refractivity contribution < 1.29 is 0 Å². The lowest BCUT2D eigenvalue weighted by Crippen LogP contribution is -2.04. The minimum atomic E-state index is 0.838. The molecule has 2 nitrogen and oxygen atoms in total. The molecule has 0 saturated heterocycles. The molecule has 0 unspecified atom stereocenters. The van der Waals surface area contributed by atoms with Crippen molar-refractivity contribution in [3.05, 3.63) is 24.4 Å². The van der Waals surface area contributed by atoms with Crippen molar-refractivity contribution in [2.75, 3.05) is 20.6 Å². The highest BCUT2D eigenvalue weighted by Gasteiger charge is 1.84. The fourth-order valence-electron chi connectivity index (χ4n) is 0.399. The summed E-state index contributed by atoms with van der Waals surface area (Å²) < 4.78 is 2.99. The molecule has 0 aliphatic carbocycles. The lowest BCUT2D eigenvalue weighted by Gasteiger charge is -2.03. The topological polar surface area (TPSA) is 15.3 Å². The first-order valence-corrected chi connectivity index (χ1v) is 4.10. The van der Waals surface area contributed by atoms with E-state index in [0.717, 1.165) is 12.1 Å². The normalized spacial score (nSPS) is 10.3. The molecule has 0 heterocycles. The van der Waals surface area contributed by atoms with Crippen LogP contribution in [0, 0.1) is 0 Å². The Kier molecular flexibility index (Phi) is 5.71. The van der Waals surface area contributed by atoms with E-state index in [9.17, 15) is 0 Å². The van der Waals surface area contributed by atoms with Crippen molar-refractivity contribution >= 4 is 22.9 Å². The number of nitrogens with one attached hydrogen (secondary N) is 1. The third-order valence-corrected chi connectivity index (χ3v) is 1.28. The largest absolute Gasteiger partial charge is 0.383 e. The van der Waals surface area contributed by atoms with Crippen LogP contribution < -0.4 is 3.53 Å². The van der Waals surface area contributed by atoms with E-state index < -0.39 is 0 Å². The van der Waals surface area contributed by atoms with Crippen LogP contribution in [0.4, 0.5) is 0 Å². The maximum absolute atomic E-state index is 3.84. The van der Waals surface area contributed by atoms with Crippen LogP contribution in [0.1, 0.15) is 0 Å². The van der Waals surface area contributed by atoms with Gasteiger partial charge < -0.3 is 4.90 Å². The summed E-state index contributed by atoms with van der Waals surface area (Å²) in [4.78, 5) is 1.98. The number of halogens is 1. The van der Waals surface area contributed by atoms with Crippen molar-refractivity contribution in [2.45, 2.75) is 0 Å². The molecule has 10 heavy (non-hydrogen) atoms. The zero-order chi connectivity index (χ0) is 7.98. The first kappa shape index (κ1) is 9.97. The van der Waals surface area contributed by atoms with Crippen molar-refractivity contribution in [3.8, 4) is 0 Å². The van der Waals surface area contributed by atoms with E-state index in [4.69, 9.17) is 0 Å². The highest BCUT2D eigenvalue weighted by atomic mass is 127. The second kappa shape index (κ2) is 5.73. The van der Waals surface area contributed by atoms with E-state index in [2.05, 4.69) is 33.0 Å². The van der Waals surface area contributed by atoms with Gasteiger partial charge in [0, 0.05) is 43.5 Å². The SMILES string of the molecule is C=C(/C=C\N(C)C)CNI. The van der Waals surface area contributed by atoms with E-state index >= 15 is 0 Å². The molecule has 0 fully saturated rings. The van der Waals surface area contributed by atoms with E-state index in [1.54, 1.807) is 0 Å². The molecule has 0 radical (unpaired) electrons. The fraction of sp³-hybridized carbons (Fsp3) is 0.429. The van der Waals surface area contributed by atoms with Gasteiger partial charge in [0.25, 0.3) is 0 Å². The minimum absolute atomic E-state index is 0.838. The Morgan fingerprint density at radius 1 is 1.70 bits per heavy atom. The molecule has 0 rings (SSSR count). The molecule has 0 spiro atoms. The molecule has 0 bridgehead atoms. The number of hydrogen-bond donors (Lipinski definition) is 1. The first-order valence-electron chi connectivity index (χ1n) is 3.02. The van der Waals surface area contributed by atoms with Crippen LogP contribution in [0.3, 0.4) is 0 Å². The van der Waals surface area contributed by atoms with Crippen LogP contribution in [-0.2, 0) is 0 Å². The minimum Gasteiger partial charge on any atom is -0.383 e. The van der Waals surface area contributed by atoms with Crippen LogP contribution in [0.2, 0.25) is 0 Å². The van der Waals surface area contributed by atoms with Gasteiger partial charge in [-0.15, -0.1) is 0 Å². The smallest absolute Gasteiger partial charge is 0.0296 e. The number of hydrogen-bond acceptors (Lipinski definition) is 2. The van der Waals surface area contributed by atoms with E-state index in [-0.39, 0.29) is 0 Å². The molecule has 0 aliphatic heterocycles. The van der Waals surface area contributed by atoms with Gasteiger partial charge in [0.1, 0.15) is 0 Å². The van der Waals surface area contributed by atoms with Gasteiger partial charge in [-0.05, 0) is 17.8 Å². The maximum atomic E-state index is 3.84. The summed E-state index contributed by atoms with van der Waals surface area (Å²) in [5, 5.41) is 0. The van der Waals surface area contributed by atoms with Crippen LogP contribution in [0.15, 0.2) is 24.4 Å². The highest BCUT2D eigenvalue weighted by molar-refractivity contribution is 14.1. The predicted octanol–water partition coefficient (Wildman–Crippen LogP) is 1.56. The number of rotatable bonds is 4. The van der Waals surface area contributed by atoms with E-state index in [0.29, 0.717) is 0 Å². The molecule has 0 aromatic carbocycles. The van der Waals surface area contributed by atoms with Crippen molar-refractivity contribution in [1.82, 2.24) is 8.43 Å². The average molecular weight is 252 g/mol. The Morgan fingerprint density at radius 3 is 2.70 bits per heavy atom. The van der Waals surface area contributed by atoms with Gasteiger partial charge in [-0.25, -0.2) is 0 Å². The van der Waals surface area contributed by atoms with Gasteiger partial charge in [0.2, 0.25) is 0 Å². The van der Waals surface area contributed by atoms with Gasteiger partial charge in [-0.1, -0.05) is 6.58 Å². The third-order valence-electron chi connectivity index (χ3n) is 0.902. The third kappa shape index (κ3) is 6.10. The Hall–Kier alpha value is -0.0300. The molecule has 0 aromatic heterocycles. The Balaban J connectivity index is 3.56. The summed E-state index contributed by atoms with van der Waals surface area (Å²) in [5.74, 6) is 0. The molecule has 58 valence electrons. The Labute approximate surface area is 76.5 Å². The zero-order valence-corrected chi connectivity index (χ0v) is 8.55. The predicted molar refractivity (Wildman–Crippen MR) is 54.0 cm³/mol. The van der Waals surface area contributed by atoms with Gasteiger partial charge >= 0.3 is 0 Å². The average Bonchev–Trinajstić information content (AvgIpc) is 1.85. The molecular weight excluding hydrogens is 239 g/mol. The van der Waals surface area contributed by atoms with Crippen LogP contribution in [0.5, 0.6) is 0 Å². The summed E-state index contributed by atoms with van der Waals surface area (Å²) >= 11 is 2.10. The molecule has 0 aliphatic rings. The monoisotopic (exact) mass is 252 g/mol. The molecule has 0 atom stereocenters. The van der Waals surface area contributed by atoms with Gasteiger partial charge in [0.15, 0.2) is 0 Å². The molecule has 3 heteroatoms. The van der Waals surface area contributed by atoms with Crippen LogP contribution in [-0.4, -0.2) is 25.5 Å². The second-order valence-corrected chi connectivity index (χ2v) is 3.01. The summed E-state index contributed by atoms with van der Waals surface area (Å²) in [6.07, 6.45) is 3.97. The summed E-state index contributed by atoms with van der Waals surface area (Å²) in [7, 11) is 3.97. The Morgan fingerprint density at radius 2 is 2.30 bits per heavy atom. The maximum Gasteiger partial charge on any atom is 0.0296 e. The molecular formula is C7H13IN2. The van der Waals surface area contributed by atoms with Gasteiger partial charge in [0.05, 0.1) is 0 Å². The standard InChI is InChI=1S/C7H13IN2/c1-7(6-9-8)4-5-10(2)3/h4-5,9H,1,6H2,2-3H3/b5-4-. The summed E-state index contributed by atoms with van der Waals surface area (Å²) in [6.45, 7) is 4.67. The van der Waals surface area contributed by atoms with Crippen molar-refractivity contribution in [1.29, 1.82) is 0 Å². The second-order valence-electron chi connectivity index (χ2n) is 2.25. The number of nitrogens with zero attached hydrogens (tertiary/aromatic N) is 1. The quantitative estimate of drug-likeness (QED) is 0.464.